The van der Waals surface area contributed by atoms with Crippen LogP contribution in [-0.4, -0.2) is 45.8 Å². The van der Waals surface area contributed by atoms with Crippen LogP contribution in [0, 0.1) is 0 Å². The van der Waals surface area contributed by atoms with Crippen LogP contribution in [-0.2, 0) is 41.4 Å². The highest BCUT2D eigenvalue weighted by Crippen LogP contribution is 2.31. The Hall–Kier alpha value is -3.09. The van der Waals surface area contributed by atoms with Crippen LogP contribution in [0.3, 0.4) is 0 Å². The minimum atomic E-state index is -0.789. The molecule has 0 fully saturated rings. The molecule has 0 aliphatic carbocycles. The normalized spacial score (nSPS) is 10.5. The number of methoxy groups -OCH3 is 3. The molecule has 0 heterocycles. The lowest BCUT2D eigenvalue weighted by Gasteiger charge is -2.17. The maximum atomic E-state index is 12.2. The van der Waals surface area contributed by atoms with Gasteiger partial charge in [0.2, 0.25) is 0 Å². The number of ether oxygens (including phenoxy) is 4. The molecule has 1 aromatic rings. The fourth-order valence-electron chi connectivity index (χ4n) is 3.06. The number of hydrogen-bond acceptors (Lipinski definition) is 7. The molecule has 0 bridgehead atoms. The van der Waals surface area contributed by atoms with Crippen molar-refractivity contribution in [3.8, 4) is 5.75 Å². The van der Waals surface area contributed by atoms with Gasteiger partial charge in [0.25, 0.3) is 0 Å². The van der Waals surface area contributed by atoms with Crippen LogP contribution in [0.4, 0.5) is 0 Å². The van der Waals surface area contributed by atoms with Gasteiger partial charge in [-0.2, -0.15) is 0 Å². The van der Waals surface area contributed by atoms with E-state index < -0.39 is 17.9 Å². The molecular formula is C25H34O7. The Morgan fingerprint density at radius 2 is 1.50 bits per heavy atom. The number of carbonyl (C=O) groups is 3. The first-order valence-corrected chi connectivity index (χ1v) is 10.8. The molecule has 176 valence electrons. The second-order valence-electron chi connectivity index (χ2n) is 7.16. The first-order valence-electron chi connectivity index (χ1n) is 10.8. The fraction of sp³-hybridized carbons (Fsp3) is 0.480. The van der Waals surface area contributed by atoms with Gasteiger partial charge >= 0.3 is 17.9 Å². The summed E-state index contributed by atoms with van der Waals surface area (Å²) in [6.07, 6.45) is 9.94. The monoisotopic (exact) mass is 446 g/mol. The van der Waals surface area contributed by atoms with Crippen molar-refractivity contribution in [1.29, 1.82) is 0 Å². The molecule has 7 heteroatoms. The predicted molar refractivity (Wildman–Crippen MR) is 122 cm³/mol. The molecular weight excluding hydrogens is 412 g/mol. The molecule has 0 unspecified atom stereocenters. The van der Waals surface area contributed by atoms with E-state index in [1.165, 1.54) is 33.5 Å². The summed E-state index contributed by atoms with van der Waals surface area (Å²) in [5.74, 6) is -1.50. The molecule has 0 spiro atoms. The summed E-state index contributed by atoms with van der Waals surface area (Å²) in [7, 11) is 3.71. The van der Waals surface area contributed by atoms with Crippen LogP contribution in [0.25, 0.3) is 6.08 Å². The van der Waals surface area contributed by atoms with Crippen molar-refractivity contribution in [2.45, 2.75) is 52.4 Å². The molecule has 0 aliphatic heterocycles. The third-order valence-electron chi connectivity index (χ3n) is 4.76. The van der Waals surface area contributed by atoms with Crippen molar-refractivity contribution in [2.24, 2.45) is 0 Å². The SMILES string of the molecule is CCCCc1cc(C=C(C(=O)OC)C(=O)OC)c(OC/C=C/C(=O)OC)c(CCCC)c1. The van der Waals surface area contributed by atoms with E-state index in [1.54, 1.807) is 6.08 Å². The maximum absolute atomic E-state index is 12.2. The summed E-state index contributed by atoms with van der Waals surface area (Å²) < 4.78 is 20.1. The Morgan fingerprint density at radius 3 is 2.06 bits per heavy atom. The van der Waals surface area contributed by atoms with E-state index in [0.29, 0.717) is 11.3 Å². The van der Waals surface area contributed by atoms with Crippen molar-refractivity contribution < 1.29 is 33.3 Å². The van der Waals surface area contributed by atoms with Crippen molar-refractivity contribution in [3.05, 3.63) is 46.5 Å². The summed E-state index contributed by atoms with van der Waals surface area (Å²) in [5.41, 5.74) is 2.43. The van der Waals surface area contributed by atoms with Crippen LogP contribution >= 0.6 is 0 Å². The molecule has 1 aromatic carbocycles. The average molecular weight is 447 g/mol. The van der Waals surface area contributed by atoms with Crippen LogP contribution in [0.1, 0.15) is 56.2 Å². The van der Waals surface area contributed by atoms with Crippen molar-refractivity contribution in [2.75, 3.05) is 27.9 Å². The van der Waals surface area contributed by atoms with Crippen molar-refractivity contribution >= 4 is 24.0 Å². The average Bonchev–Trinajstić information content (AvgIpc) is 2.81. The molecule has 7 nitrogen and oxygen atoms in total. The highest BCUT2D eigenvalue weighted by Gasteiger charge is 2.22. The Bertz CT molecular complexity index is 819. The smallest absolute Gasteiger partial charge is 0.345 e. The number of esters is 3. The van der Waals surface area contributed by atoms with Gasteiger partial charge in [0.15, 0.2) is 0 Å². The third kappa shape index (κ3) is 8.57. The third-order valence-corrected chi connectivity index (χ3v) is 4.76. The lowest BCUT2D eigenvalue weighted by molar-refractivity contribution is -0.144. The summed E-state index contributed by atoms with van der Waals surface area (Å²) in [4.78, 5) is 35.8. The minimum Gasteiger partial charge on any atom is -0.489 e. The largest absolute Gasteiger partial charge is 0.489 e. The molecule has 0 amide bonds. The highest BCUT2D eigenvalue weighted by molar-refractivity contribution is 6.17. The van der Waals surface area contributed by atoms with Crippen LogP contribution in [0.15, 0.2) is 29.9 Å². The van der Waals surface area contributed by atoms with E-state index in [9.17, 15) is 14.4 Å². The second kappa shape index (κ2) is 14.8. The fourth-order valence-corrected chi connectivity index (χ4v) is 3.06. The number of rotatable bonds is 13. The van der Waals surface area contributed by atoms with Crippen molar-refractivity contribution in [1.82, 2.24) is 0 Å². The van der Waals surface area contributed by atoms with Gasteiger partial charge in [0, 0.05) is 11.6 Å². The van der Waals surface area contributed by atoms with E-state index in [2.05, 4.69) is 24.7 Å². The van der Waals surface area contributed by atoms with Crippen LogP contribution in [0.5, 0.6) is 5.75 Å². The van der Waals surface area contributed by atoms with E-state index >= 15 is 0 Å². The lowest BCUT2D eigenvalue weighted by Crippen LogP contribution is -2.16. The topological polar surface area (TPSA) is 88.1 Å². The zero-order valence-corrected chi connectivity index (χ0v) is 19.7. The number of benzene rings is 1. The molecule has 0 aliphatic rings. The number of hydrogen-bond donors (Lipinski definition) is 0. The second-order valence-corrected chi connectivity index (χ2v) is 7.16. The highest BCUT2D eigenvalue weighted by atomic mass is 16.5. The molecule has 0 atom stereocenters. The molecule has 0 saturated carbocycles. The Kier molecular flexibility index (Phi) is 12.5. The van der Waals surface area contributed by atoms with Crippen LogP contribution < -0.4 is 4.74 Å². The Morgan fingerprint density at radius 1 is 0.875 bits per heavy atom. The first-order chi connectivity index (χ1) is 15.4. The minimum absolute atomic E-state index is 0.120. The molecule has 0 saturated heterocycles. The quantitative estimate of drug-likeness (QED) is 0.147. The molecule has 0 radical (unpaired) electrons. The molecule has 32 heavy (non-hydrogen) atoms. The van der Waals surface area contributed by atoms with E-state index in [0.717, 1.165) is 49.7 Å². The van der Waals surface area contributed by atoms with E-state index in [-0.39, 0.29) is 12.2 Å². The van der Waals surface area contributed by atoms with Gasteiger partial charge in [-0.25, -0.2) is 14.4 Å². The summed E-state index contributed by atoms with van der Waals surface area (Å²) in [6, 6.07) is 4.02. The number of aryl methyl sites for hydroxylation is 2. The van der Waals surface area contributed by atoms with Gasteiger partial charge in [-0.3, -0.25) is 0 Å². The van der Waals surface area contributed by atoms with Gasteiger partial charge in [0.05, 0.1) is 21.3 Å². The molecule has 0 aromatic heterocycles. The van der Waals surface area contributed by atoms with Gasteiger partial charge < -0.3 is 18.9 Å². The van der Waals surface area contributed by atoms with Gasteiger partial charge in [0.1, 0.15) is 17.9 Å². The lowest BCUT2D eigenvalue weighted by atomic mass is 9.96. The van der Waals surface area contributed by atoms with Gasteiger partial charge in [-0.1, -0.05) is 32.8 Å². The zero-order chi connectivity index (χ0) is 23.9. The predicted octanol–water partition coefficient (Wildman–Crippen LogP) is 4.21. The van der Waals surface area contributed by atoms with Gasteiger partial charge in [-0.15, -0.1) is 0 Å². The van der Waals surface area contributed by atoms with E-state index in [4.69, 9.17) is 14.2 Å². The standard InChI is InChI=1S/C25H34O7/c1-6-8-11-18-15-19(12-9-7-2)23(32-14-10-13-22(26)29-3)20(16-18)17-21(24(27)30-4)25(28)31-5/h10,13,15-17H,6-9,11-12,14H2,1-5H3/b13-10+. The summed E-state index contributed by atoms with van der Waals surface area (Å²) in [5, 5.41) is 0. The van der Waals surface area contributed by atoms with E-state index in [1.807, 2.05) is 6.07 Å². The number of carbonyl (C=O) groups excluding carboxylic acids is 3. The number of unbranched alkanes of at least 4 members (excludes halogenated alkanes) is 2. The molecule has 1 rings (SSSR count). The summed E-state index contributed by atoms with van der Waals surface area (Å²) >= 11 is 0. The zero-order valence-electron chi connectivity index (χ0n) is 19.7. The maximum Gasteiger partial charge on any atom is 0.345 e. The van der Waals surface area contributed by atoms with Crippen LogP contribution in [0.2, 0.25) is 0 Å². The Labute approximate surface area is 190 Å². The van der Waals surface area contributed by atoms with Crippen molar-refractivity contribution in [3.63, 3.8) is 0 Å². The summed E-state index contributed by atoms with van der Waals surface area (Å²) in [6.45, 7) is 4.35. The van der Waals surface area contributed by atoms with Gasteiger partial charge in [-0.05, 0) is 55.0 Å². The Balaban J connectivity index is 3.55. The molecule has 0 N–H and O–H groups in total. The first kappa shape index (κ1) is 26.9.